The van der Waals surface area contributed by atoms with Crippen LogP contribution in [0.15, 0.2) is 24.3 Å². The molecule has 0 atom stereocenters. The number of rotatable bonds is 25. The molecule has 0 unspecified atom stereocenters. The Bertz CT molecular complexity index is 711. The molecule has 1 rings (SSSR count). The van der Waals surface area contributed by atoms with Gasteiger partial charge in [-0.1, -0.05) is 82.9 Å². The van der Waals surface area contributed by atoms with Gasteiger partial charge in [-0.2, -0.15) is 8.42 Å². The van der Waals surface area contributed by atoms with E-state index in [1.807, 2.05) is 12.1 Å². The highest BCUT2D eigenvalue weighted by molar-refractivity contribution is 7.80. The van der Waals surface area contributed by atoms with Gasteiger partial charge in [0.1, 0.15) is 12.4 Å². The number of unbranched alkanes of at least 4 members (excludes halogenated alkanes) is 9. The molecule has 0 amide bonds. The minimum absolute atomic E-state index is 0.0532. The Kier molecular flexibility index (Phi) is 20.0. The lowest BCUT2D eigenvalue weighted by Gasteiger charge is -2.12. The van der Waals surface area contributed by atoms with Crippen LogP contribution in [0.25, 0.3) is 0 Å². The standard InChI is InChI=1S/C26H46O8S/c1-2-3-4-5-6-7-8-9-10-11-14-25-15-12-13-16-26(25)33-23-21-31-19-17-30-18-20-32-22-24-34-35(27,28)29/h12-13,15-16H,2-11,14,17-24H2,1H3,(H,27,28,29). The molecule has 0 radical (unpaired) electrons. The Labute approximate surface area is 212 Å². The maximum atomic E-state index is 10.4. The Morgan fingerprint density at radius 2 is 1.14 bits per heavy atom. The van der Waals surface area contributed by atoms with Crippen LogP contribution >= 0.6 is 0 Å². The molecule has 204 valence electrons. The maximum Gasteiger partial charge on any atom is 0.397 e. The molecule has 0 bridgehead atoms. The second-order valence-corrected chi connectivity index (χ2v) is 9.57. The first-order valence-electron chi connectivity index (χ1n) is 13.1. The zero-order chi connectivity index (χ0) is 25.5. The van der Waals surface area contributed by atoms with E-state index in [1.54, 1.807) is 0 Å². The van der Waals surface area contributed by atoms with Gasteiger partial charge in [-0.25, -0.2) is 4.18 Å². The minimum Gasteiger partial charge on any atom is -0.491 e. The molecule has 1 aromatic rings. The van der Waals surface area contributed by atoms with Crippen LogP contribution in [0.4, 0.5) is 0 Å². The van der Waals surface area contributed by atoms with Crippen LogP contribution in [0.2, 0.25) is 0 Å². The fourth-order valence-corrected chi connectivity index (χ4v) is 3.88. The Hall–Kier alpha value is -1.23. The molecule has 0 spiro atoms. The third-order valence-corrected chi connectivity index (χ3v) is 5.93. The summed E-state index contributed by atoms with van der Waals surface area (Å²) in [7, 11) is -4.41. The predicted molar refractivity (Wildman–Crippen MR) is 137 cm³/mol. The minimum atomic E-state index is -4.41. The van der Waals surface area contributed by atoms with E-state index in [4.69, 9.17) is 23.5 Å². The average Bonchev–Trinajstić information content (AvgIpc) is 2.83. The lowest BCUT2D eigenvalue weighted by atomic mass is 10.0. The van der Waals surface area contributed by atoms with Crippen LogP contribution in [0.5, 0.6) is 5.75 Å². The van der Waals surface area contributed by atoms with E-state index in [0.717, 1.165) is 12.2 Å². The second kappa shape index (κ2) is 22.0. The SMILES string of the molecule is CCCCCCCCCCCCc1ccccc1OCCOCCOCCOCCOS(=O)(=O)O. The smallest absolute Gasteiger partial charge is 0.397 e. The van der Waals surface area contributed by atoms with Gasteiger partial charge in [0.2, 0.25) is 0 Å². The molecule has 35 heavy (non-hydrogen) atoms. The molecular formula is C26H46O8S. The van der Waals surface area contributed by atoms with E-state index in [2.05, 4.69) is 23.2 Å². The molecule has 0 heterocycles. The van der Waals surface area contributed by atoms with Gasteiger partial charge in [0.15, 0.2) is 0 Å². The first kappa shape index (κ1) is 31.8. The molecule has 9 heteroatoms. The summed E-state index contributed by atoms with van der Waals surface area (Å²) in [5.74, 6) is 0.943. The largest absolute Gasteiger partial charge is 0.491 e. The number of benzene rings is 1. The molecule has 8 nitrogen and oxygen atoms in total. The molecule has 0 saturated heterocycles. The highest BCUT2D eigenvalue weighted by Gasteiger charge is 2.04. The second-order valence-electron chi connectivity index (χ2n) is 8.47. The molecule has 0 aliphatic heterocycles. The summed E-state index contributed by atoms with van der Waals surface area (Å²) in [6.45, 7) is 4.60. The van der Waals surface area contributed by atoms with Gasteiger partial charge in [0, 0.05) is 0 Å². The molecule has 1 N–H and O–H groups in total. The molecule has 0 aromatic heterocycles. The Morgan fingerprint density at radius 3 is 1.71 bits per heavy atom. The summed E-state index contributed by atoms with van der Waals surface area (Å²) in [6.07, 6.45) is 14.4. The van der Waals surface area contributed by atoms with E-state index < -0.39 is 10.4 Å². The maximum absolute atomic E-state index is 10.4. The van der Waals surface area contributed by atoms with Crippen LogP contribution in [-0.2, 0) is 35.2 Å². The van der Waals surface area contributed by atoms with E-state index in [-0.39, 0.29) is 13.2 Å². The Balaban J connectivity index is 1.97. The first-order valence-corrected chi connectivity index (χ1v) is 14.4. The zero-order valence-electron chi connectivity index (χ0n) is 21.5. The van der Waals surface area contributed by atoms with Crippen molar-refractivity contribution in [2.45, 2.75) is 77.6 Å². The summed E-state index contributed by atoms with van der Waals surface area (Å²) in [6, 6.07) is 8.24. The topological polar surface area (TPSA) is 101 Å². The van der Waals surface area contributed by atoms with Crippen molar-refractivity contribution < 1.29 is 36.1 Å². The van der Waals surface area contributed by atoms with Gasteiger partial charge in [0.05, 0.1) is 46.2 Å². The van der Waals surface area contributed by atoms with Crippen LogP contribution in [-0.4, -0.2) is 65.8 Å². The first-order chi connectivity index (χ1) is 17.0. The molecule has 0 aliphatic carbocycles. The number of para-hydroxylation sites is 1. The zero-order valence-corrected chi connectivity index (χ0v) is 22.3. The quantitative estimate of drug-likeness (QED) is 0.136. The van der Waals surface area contributed by atoms with Crippen LogP contribution < -0.4 is 4.74 Å². The van der Waals surface area contributed by atoms with Gasteiger partial charge < -0.3 is 18.9 Å². The van der Waals surface area contributed by atoms with E-state index in [0.29, 0.717) is 39.6 Å². The van der Waals surface area contributed by atoms with Gasteiger partial charge in [-0.15, -0.1) is 0 Å². The normalized spacial score (nSPS) is 11.7. The van der Waals surface area contributed by atoms with Crippen molar-refractivity contribution in [3.8, 4) is 5.75 Å². The highest BCUT2D eigenvalue weighted by atomic mass is 32.3. The van der Waals surface area contributed by atoms with Gasteiger partial charge in [-0.05, 0) is 24.5 Å². The summed E-state index contributed by atoms with van der Waals surface area (Å²) in [5.41, 5.74) is 1.26. The van der Waals surface area contributed by atoms with Crippen molar-refractivity contribution >= 4 is 10.4 Å². The van der Waals surface area contributed by atoms with Gasteiger partial charge in [-0.3, -0.25) is 4.55 Å². The molecule has 1 aromatic carbocycles. The van der Waals surface area contributed by atoms with Crippen molar-refractivity contribution in [2.24, 2.45) is 0 Å². The van der Waals surface area contributed by atoms with Gasteiger partial charge >= 0.3 is 10.4 Å². The summed E-state index contributed by atoms with van der Waals surface area (Å²) in [4.78, 5) is 0. The molecule has 0 aliphatic rings. The van der Waals surface area contributed by atoms with Crippen molar-refractivity contribution in [1.82, 2.24) is 0 Å². The third-order valence-electron chi connectivity index (χ3n) is 5.46. The van der Waals surface area contributed by atoms with E-state index in [9.17, 15) is 8.42 Å². The van der Waals surface area contributed by atoms with Crippen molar-refractivity contribution in [3.63, 3.8) is 0 Å². The Morgan fingerprint density at radius 1 is 0.657 bits per heavy atom. The van der Waals surface area contributed by atoms with Crippen molar-refractivity contribution in [2.75, 3.05) is 52.9 Å². The molecule has 0 fully saturated rings. The number of ether oxygens (including phenoxy) is 4. The summed E-state index contributed by atoms with van der Waals surface area (Å²) < 4.78 is 55.2. The van der Waals surface area contributed by atoms with E-state index >= 15 is 0 Å². The lowest BCUT2D eigenvalue weighted by molar-refractivity contribution is 0.00476. The number of hydrogen-bond acceptors (Lipinski definition) is 7. The van der Waals surface area contributed by atoms with E-state index in [1.165, 1.54) is 69.8 Å². The van der Waals surface area contributed by atoms with Gasteiger partial charge in [0.25, 0.3) is 0 Å². The van der Waals surface area contributed by atoms with Crippen LogP contribution in [0, 0.1) is 0 Å². The predicted octanol–water partition coefficient (Wildman–Crippen LogP) is 5.40. The fourth-order valence-electron chi connectivity index (χ4n) is 3.60. The summed E-state index contributed by atoms with van der Waals surface area (Å²) >= 11 is 0. The monoisotopic (exact) mass is 518 g/mol. The van der Waals surface area contributed by atoms with Crippen LogP contribution in [0.1, 0.15) is 76.7 Å². The highest BCUT2D eigenvalue weighted by Crippen LogP contribution is 2.21. The molecule has 0 saturated carbocycles. The lowest BCUT2D eigenvalue weighted by Crippen LogP contribution is -2.14. The fraction of sp³-hybridized carbons (Fsp3) is 0.769. The molecular weight excluding hydrogens is 472 g/mol. The number of aryl methyl sites for hydroxylation is 1. The van der Waals surface area contributed by atoms with Crippen molar-refractivity contribution in [1.29, 1.82) is 0 Å². The summed E-state index contributed by atoms with van der Waals surface area (Å²) in [5, 5.41) is 0. The third kappa shape index (κ3) is 20.6. The van der Waals surface area contributed by atoms with Crippen molar-refractivity contribution in [3.05, 3.63) is 29.8 Å². The average molecular weight is 519 g/mol. The number of hydrogen-bond donors (Lipinski definition) is 1. The van der Waals surface area contributed by atoms with Crippen LogP contribution in [0.3, 0.4) is 0 Å².